The van der Waals surface area contributed by atoms with Crippen molar-refractivity contribution in [3.8, 4) is 0 Å². The van der Waals surface area contributed by atoms with E-state index < -0.39 is 12.1 Å². The summed E-state index contributed by atoms with van der Waals surface area (Å²) in [7, 11) is 3.23. The van der Waals surface area contributed by atoms with Crippen LogP contribution in [0.25, 0.3) is 0 Å². The second kappa shape index (κ2) is 9.50. The lowest BCUT2D eigenvalue weighted by atomic mass is 10.0. The van der Waals surface area contributed by atoms with Crippen LogP contribution in [0, 0.1) is 5.92 Å². The predicted octanol–water partition coefficient (Wildman–Crippen LogP) is 0.0170. The first-order valence-corrected chi connectivity index (χ1v) is 9.50. The summed E-state index contributed by atoms with van der Waals surface area (Å²) < 4.78 is 0. The van der Waals surface area contributed by atoms with Gasteiger partial charge in [-0.15, -0.1) is 0 Å². The van der Waals surface area contributed by atoms with Crippen LogP contribution in [0.2, 0.25) is 0 Å². The summed E-state index contributed by atoms with van der Waals surface area (Å²) in [5.41, 5.74) is 0.942. The summed E-state index contributed by atoms with van der Waals surface area (Å²) >= 11 is 0. The number of aromatic nitrogens is 1. The number of rotatable bonds is 7. The van der Waals surface area contributed by atoms with E-state index in [2.05, 4.69) is 26.3 Å². The molecule has 28 heavy (non-hydrogen) atoms. The number of nitrogens with zero attached hydrogens (tertiary/aromatic N) is 2. The Morgan fingerprint density at radius 3 is 2.57 bits per heavy atom. The van der Waals surface area contributed by atoms with Crippen LogP contribution in [0.1, 0.15) is 26.3 Å². The Balaban J connectivity index is 2.27. The largest absolute Gasteiger partial charge is 0.343 e. The number of fused-ring (bicyclic) bond motifs is 1. The lowest BCUT2D eigenvalue weighted by Gasteiger charge is -2.31. The Hall–Kier alpha value is -2.68. The number of hydrogen-bond acceptors (Lipinski definition) is 5. The first-order chi connectivity index (χ1) is 13.3. The van der Waals surface area contributed by atoms with Crippen molar-refractivity contribution < 1.29 is 14.4 Å². The number of nitrogens with one attached hydrogen (secondary N) is 4. The molecule has 0 saturated carbocycles. The fraction of sp³-hybridized carbons (Fsp3) is 0.579. The maximum absolute atomic E-state index is 13.4. The highest BCUT2D eigenvalue weighted by Gasteiger charge is 2.39. The molecule has 3 atom stereocenters. The zero-order valence-corrected chi connectivity index (χ0v) is 17.1. The molecule has 0 bridgehead atoms. The van der Waals surface area contributed by atoms with Crippen LogP contribution < -0.4 is 26.2 Å². The van der Waals surface area contributed by atoms with Gasteiger partial charge in [0.1, 0.15) is 11.9 Å². The van der Waals surface area contributed by atoms with Crippen molar-refractivity contribution in [3.63, 3.8) is 0 Å². The molecule has 9 heteroatoms. The lowest BCUT2D eigenvalue weighted by molar-refractivity contribution is -0.129. The number of urea groups is 1. The van der Waals surface area contributed by atoms with Crippen LogP contribution in [0.4, 0.5) is 10.6 Å². The highest BCUT2D eigenvalue weighted by Crippen LogP contribution is 2.31. The van der Waals surface area contributed by atoms with Gasteiger partial charge < -0.3 is 21.3 Å². The molecular formula is C19H30N6O3. The Kier molecular flexibility index (Phi) is 7.33. The SMILES string of the molecule is CNC(=O)NCC1Cc2cccnc2N1C(=O)[C@@H](NC(=O)[C@H](C)NC)C(C)C. The van der Waals surface area contributed by atoms with Gasteiger partial charge in [-0.05, 0) is 37.9 Å². The number of amides is 4. The van der Waals surface area contributed by atoms with Crippen LogP contribution in [0.15, 0.2) is 18.3 Å². The molecule has 1 aliphatic heterocycles. The van der Waals surface area contributed by atoms with E-state index in [0.717, 1.165) is 5.56 Å². The van der Waals surface area contributed by atoms with Gasteiger partial charge in [0.25, 0.3) is 5.91 Å². The van der Waals surface area contributed by atoms with E-state index in [1.807, 2.05) is 26.0 Å². The average molecular weight is 390 g/mol. The van der Waals surface area contributed by atoms with Gasteiger partial charge in [-0.3, -0.25) is 14.5 Å². The Labute approximate surface area is 165 Å². The van der Waals surface area contributed by atoms with Crippen LogP contribution >= 0.6 is 0 Å². The van der Waals surface area contributed by atoms with Gasteiger partial charge in [-0.1, -0.05) is 19.9 Å². The predicted molar refractivity (Wildman–Crippen MR) is 107 cm³/mol. The molecule has 0 spiro atoms. The molecular weight excluding hydrogens is 360 g/mol. The average Bonchev–Trinajstić information content (AvgIpc) is 3.06. The number of anilines is 1. The molecule has 1 aromatic rings. The van der Waals surface area contributed by atoms with E-state index in [1.54, 1.807) is 25.1 Å². The monoisotopic (exact) mass is 390 g/mol. The molecule has 1 aromatic heterocycles. The molecule has 0 aromatic carbocycles. The molecule has 4 amide bonds. The van der Waals surface area contributed by atoms with Gasteiger partial charge in [0, 0.05) is 19.8 Å². The van der Waals surface area contributed by atoms with Gasteiger partial charge in [0.2, 0.25) is 5.91 Å². The van der Waals surface area contributed by atoms with Crippen molar-refractivity contribution in [3.05, 3.63) is 23.9 Å². The molecule has 4 N–H and O–H groups in total. The normalized spacial score (nSPS) is 17.6. The standard InChI is InChI=1S/C19H30N6O3/c1-11(2)15(24-17(26)12(3)20-4)18(27)25-14(10-23-19(28)21-5)9-13-7-6-8-22-16(13)25/h6-8,11-12,14-15,20H,9-10H2,1-5H3,(H,24,26)(H2,21,23,28)/t12-,14?,15-/m0/s1. The quantitative estimate of drug-likeness (QED) is 0.524. The van der Waals surface area contributed by atoms with Crippen molar-refractivity contribution in [1.82, 2.24) is 26.3 Å². The second-order valence-electron chi connectivity index (χ2n) is 7.25. The third-order valence-electron chi connectivity index (χ3n) is 4.94. The summed E-state index contributed by atoms with van der Waals surface area (Å²) in [5, 5.41) is 11.0. The zero-order valence-electron chi connectivity index (χ0n) is 17.1. The van der Waals surface area contributed by atoms with Crippen LogP contribution in [-0.2, 0) is 16.0 Å². The molecule has 9 nitrogen and oxygen atoms in total. The van der Waals surface area contributed by atoms with Crippen molar-refractivity contribution in [1.29, 1.82) is 0 Å². The summed E-state index contributed by atoms with van der Waals surface area (Å²) in [5.74, 6) is 0.00132. The molecule has 0 fully saturated rings. The summed E-state index contributed by atoms with van der Waals surface area (Å²) in [6.07, 6.45) is 2.23. The fourth-order valence-corrected chi connectivity index (χ4v) is 3.14. The first-order valence-electron chi connectivity index (χ1n) is 9.50. The maximum Gasteiger partial charge on any atom is 0.314 e. The van der Waals surface area contributed by atoms with Crippen molar-refractivity contribution >= 4 is 23.7 Å². The van der Waals surface area contributed by atoms with Crippen LogP contribution in [0.5, 0.6) is 0 Å². The fourth-order valence-electron chi connectivity index (χ4n) is 3.14. The number of pyridine rings is 1. The van der Waals surface area contributed by atoms with E-state index >= 15 is 0 Å². The van der Waals surface area contributed by atoms with Crippen molar-refractivity contribution in [2.45, 2.75) is 45.3 Å². The topological polar surface area (TPSA) is 115 Å². The van der Waals surface area contributed by atoms with Gasteiger partial charge in [-0.25, -0.2) is 9.78 Å². The lowest BCUT2D eigenvalue weighted by Crippen LogP contribution is -2.57. The number of likely N-dealkylation sites (N-methyl/N-ethyl adjacent to an activating group) is 1. The third kappa shape index (κ3) is 4.78. The molecule has 1 aliphatic rings. The first kappa shape index (κ1) is 21.6. The van der Waals surface area contributed by atoms with E-state index in [-0.39, 0.29) is 36.3 Å². The molecule has 0 saturated heterocycles. The van der Waals surface area contributed by atoms with E-state index in [9.17, 15) is 14.4 Å². The number of carbonyl (C=O) groups is 3. The zero-order chi connectivity index (χ0) is 20.8. The van der Waals surface area contributed by atoms with E-state index in [4.69, 9.17) is 0 Å². The molecule has 2 heterocycles. The highest BCUT2D eigenvalue weighted by atomic mass is 16.2. The second-order valence-corrected chi connectivity index (χ2v) is 7.25. The smallest absolute Gasteiger partial charge is 0.314 e. The van der Waals surface area contributed by atoms with Crippen molar-refractivity contribution in [2.75, 3.05) is 25.5 Å². The summed E-state index contributed by atoms with van der Waals surface area (Å²) in [6, 6.07) is 2.06. The van der Waals surface area contributed by atoms with Gasteiger partial charge in [0.15, 0.2) is 0 Å². The number of carbonyl (C=O) groups excluding carboxylic acids is 3. The van der Waals surface area contributed by atoms with Gasteiger partial charge in [0.05, 0.1) is 12.1 Å². The van der Waals surface area contributed by atoms with Crippen LogP contribution in [0.3, 0.4) is 0 Å². The minimum Gasteiger partial charge on any atom is -0.343 e. The molecule has 154 valence electrons. The molecule has 2 rings (SSSR count). The highest BCUT2D eigenvalue weighted by molar-refractivity contribution is 6.01. The van der Waals surface area contributed by atoms with E-state index in [0.29, 0.717) is 12.2 Å². The Morgan fingerprint density at radius 2 is 1.96 bits per heavy atom. The van der Waals surface area contributed by atoms with Gasteiger partial charge in [-0.2, -0.15) is 0 Å². The van der Waals surface area contributed by atoms with E-state index in [1.165, 1.54) is 7.05 Å². The summed E-state index contributed by atoms with van der Waals surface area (Å²) in [6.45, 7) is 5.80. The van der Waals surface area contributed by atoms with Gasteiger partial charge >= 0.3 is 6.03 Å². The Bertz CT molecular complexity index is 723. The third-order valence-corrected chi connectivity index (χ3v) is 4.94. The molecule has 1 unspecified atom stereocenters. The molecule has 0 radical (unpaired) electrons. The maximum atomic E-state index is 13.4. The minimum atomic E-state index is -0.696. The summed E-state index contributed by atoms with van der Waals surface area (Å²) in [4.78, 5) is 43.4. The van der Waals surface area contributed by atoms with Crippen molar-refractivity contribution in [2.24, 2.45) is 5.92 Å². The molecule has 0 aliphatic carbocycles. The minimum absolute atomic E-state index is 0.110. The number of hydrogen-bond donors (Lipinski definition) is 4. The van der Waals surface area contributed by atoms with Crippen LogP contribution in [-0.4, -0.2) is 61.6 Å². The Morgan fingerprint density at radius 1 is 1.25 bits per heavy atom.